The average Bonchev–Trinajstić information content (AvgIpc) is 2.93. The first kappa shape index (κ1) is 23.7. The Balaban J connectivity index is 1.76. The number of nitrogens with zero attached hydrogens (tertiary/aromatic N) is 2. The molecule has 2 heterocycles. The van der Waals surface area contributed by atoms with Gasteiger partial charge in [0.25, 0.3) is 20.2 Å². The van der Waals surface area contributed by atoms with Gasteiger partial charge in [0.2, 0.25) is 5.52 Å². The molecule has 2 aromatic heterocycles. The Morgan fingerprint density at radius 3 is 2.15 bits per heavy atom. The van der Waals surface area contributed by atoms with Gasteiger partial charge in [-0.15, -0.1) is 0 Å². The summed E-state index contributed by atoms with van der Waals surface area (Å²) in [7, 11) is -8.00. The maximum atomic E-state index is 11.2. The minimum Gasteiger partial charge on any atom is -0.286 e. The molecule has 1 aliphatic carbocycles. The summed E-state index contributed by atoms with van der Waals surface area (Å²) in [5.41, 5.74) is 5.15. The van der Waals surface area contributed by atoms with Gasteiger partial charge in [-0.2, -0.15) is 21.4 Å². The monoisotopic (exact) mass is 492 g/mol. The highest BCUT2D eigenvalue weighted by Gasteiger charge is 2.41. The highest BCUT2D eigenvalue weighted by atomic mass is 32.2. The van der Waals surface area contributed by atoms with E-state index in [1.54, 1.807) is 0 Å². The van der Waals surface area contributed by atoms with Gasteiger partial charge in [-0.3, -0.25) is 9.11 Å². The average molecular weight is 493 g/mol. The van der Waals surface area contributed by atoms with Crippen molar-refractivity contribution in [2.75, 3.05) is 11.5 Å². The van der Waals surface area contributed by atoms with Crippen LogP contribution in [0.15, 0.2) is 48.9 Å². The summed E-state index contributed by atoms with van der Waals surface area (Å²) in [5, 5.41) is 1.07. The van der Waals surface area contributed by atoms with Crippen LogP contribution in [0.2, 0.25) is 0 Å². The van der Waals surface area contributed by atoms with Crippen LogP contribution in [0.3, 0.4) is 0 Å². The Hall–Kier alpha value is -2.40. The van der Waals surface area contributed by atoms with Crippen molar-refractivity contribution in [2.45, 2.75) is 45.2 Å². The number of rotatable bonds is 8. The van der Waals surface area contributed by atoms with Crippen molar-refractivity contribution < 1.29 is 35.1 Å². The second-order valence-corrected chi connectivity index (χ2v) is 12.2. The topological polar surface area (TPSA) is 117 Å². The van der Waals surface area contributed by atoms with Crippen LogP contribution in [0.25, 0.3) is 22.0 Å². The van der Waals surface area contributed by atoms with Crippen LogP contribution in [0.5, 0.6) is 0 Å². The molecule has 1 aliphatic rings. The molecule has 0 unspecified atom stereocenters. The third-order valence-electron chi connectivity index (χ3n) is 6.29. The first-order valence-electron chi connectivity index (χ1n) is 10.8. The molecule has 8 nitrogen and oxygen atoms in total. The fourth-order valence-corrected chi connectivity index (χ4v) is 5.69. The summed E-state index contributed by atoms with van der Waals surface area (Å²) in [6.07, 6.45) is 6.65. The van der Waals surface area contributed by atoms with Gasteiger partial charge in [0, 0.05) is 47.1 Å². The van der Waals surface area contributed by atoms with Crippen LogP contribution in [0, 0.1) is 0 Å². The maximum Gasteiger partial charge on any atom is 0.265 e. The summed E-state index contributed by atoms with van der Waals surface area (Å²) in [6, 6.07) is 10.0. The molecular formula is C23H28N2O6S2+2. The van der Waals surface area contributed by atoms with Crippen LogP contribution >= 0.6 is 0 Å². The number of pyridine rings is 2. The highest BCUT2D eigenvalue weighted by Crippen LogP contribution is 2.49. The number of para-hydroxylation sites is 1. The normalized spacial score (nSPS) is 14.9. The van der Waals surface area contributed by atoms with E-state index in [0.717, 1.165) is 33.2 Å². The minimum atomic E-state index is -4.02. The van der Waals surface area contributed by atoms with Crippen molar-refractivity contribution in [1.29, 1.82) is 0 Å². The molecule has 0 radical (unpaired) electrons. The highest BCUT2D eigenvalue weighted by molar-refractivity contribution is 7.86. The van der Waals surface area contributed by atoms with Crippen LogP contribution in [-0.2, 0) is 38.7 Å². The van der Waals surface area contributed by atoms with E-state index in [2.05, 4.69) is 26.1 Å². The first-order chi connectivity index (χ1) is 15.4. The van der Waals surface area contributed by atoms with Gasteiger partial charge in [-0.25, -0.2) is 4.57 Å². The molecule has 4 rings (SSSR count). The van der Waals surface area contributed by atoms with Gasteiger partial charge in [0.05, 0.1) is 16.9 Å². The van der Waals surface area contributed by atoms with Crippen LogP contribution in [-0.4, -0.2) is 37.4 Å². The van der Waals surface area contributed by atoms with E-state index in [0.29, 0.717) is 25.9 Å². The van der Waals surface area contributed by atoms with E-state index in [4.69, 9.17) is 9.11 Å². The van der Waals surface area contributed by atoms with Crippen molar-refractivity contribution in [3.63, 3.8) is 0 Å². The first-order valence-corrected chi connectivity index (χ1v) is 14.0. The number of hydrogen-bond acceptors (Lipinski definition) is 4. The Labute approximate surface area is 194 Å². The molecule has 33 heavy (non-hydrogen) atoms. The summed E-state index contributed by atoms with van der Waals surface area (Å²) >= 11 is 0. The number of fused-ring (bicyclic) bond motifs is 5. The second-order valence-electron chi connectivity index (χ2n) is 9.04. The molecule has 0 aliphatic heterocycles. The van der Waals surface area contributed by atoms with Crippen LogP contribution < -0.4 is 9.13 Å². The Bertz CT molecular complexity index is 1450. The van der Waals surface area contributed by atoms with Crippen molar-refractivity contribution in [3.8, 4) is 11.1 Å². The predicted molar refractivity (Wildman–Crippen MR) is 124 cm³/mol. The Kier molecular flexibility index (Phi) is 6.06. The summed E-state index contributed by atoms with van der Waals surface area (Å²) in [4.78, 5) is 0. The van der Waals surface area contributed by atoms with Crippen LogP contribution in [0.4, 0.5) is 0 Å². The van der Waals surface area contributed by atoms with Gasteiger partial charge >= 0.3 is 0 Å². The lowest BCUT2D eigenvalue weighted by Crippen LogP contribution is -2.38. The zero-order valence-electron chi connectivity index (χ0n) is 18.6. The lowest BCUT2D eigenvalue weighted by molar-refractivity contribution is -0.697. The molecule has 3 aromatic rings. The number of hydrogen-bond donors (Lipinski definition) is 2. The van der Waals surface area contributed by atoms with E-state index < -0.39 is 20.2 Å². The molecular weight excluding hydrogens is 464 g/mol. The standard InChI is InChI=1S/C23H26N2O6S2/c1-23(2)19-15-24(10-5-13-32(26,27)28)12-9-17(19)22-18-7-3-4-8-21(18)25(16-20(22)23)11-6-14-33(29,30)31/h3-4,7-9,12,15-16H,5-6,10-11,13-14H2,1-2H3/p+2. The third kappa shape index (κ3) is 4.93. The van der Waals surface area contributed by atoms with Gasteiger partial charge in [-0.1, -0.05) is 26.0 Å². The molecule has 176 valence electrons. The molecule has 0 spiro atoms. The van der Waals surface area contributed by atoms with Gasteiger partial charge in [0.15, 0.2) is 18.6 Å². The zero-order valence-corrected chi connectivity index (χ0v) is 20.2. The lowest BCUT2D eigenvalue weighted by atomic mass is 9.83. The van der Waals surface area contributed by atoms with E-state index in [1.165, 1.54) is 0 Å². The third-order valence-corrected chi connectivity index (χ3v) is 7.90. The summed E-state index contributed by atoms with van der Waals surface area (Å²) in [5.74, 6) is -0.576. The van der Waals surface area contributed by atoms with E-state index in [-0.39, 0.29) is 16.9 Å². The van der Waals surface area contributed by atoms with Gasteiger partial charge < -0.3 is 0 Å². The SMILES string of the molecule is CC1(C)c2c[n+](CCCS(=O)(=O)O)ccc2-c2c1c[n+](CCCS(=O)(=O)O)c1ccccc21. The predicted octanol–water partition coefficient (Wildman–Crippen LogP) is 2.28. The van der Waals surface area contributed by atoms with Gasteiger partial charge in [-0.05, 0) is 11.6 Å². The lowest BCUT2D eigenvalue weighted by Gasteiger charge is -2.19. The number of benzene rings is 1. The second kappa shape index (κ2) is 8.43. The van der Waals surface area contributed by atoms with Gasteiger partial charge in [0.1, 0.15) is 13.1 Å². The van der Waals surface area contributed by atoms with Crippen molar-refractivity contribution in [2.24, 2.45) is 0 Å². The molecule has 0 saturated carbocycles. The van der Waals surface area contributed by atoms with E-state index in [9.17, 15) is 16.8 Å². The smallest absolute Gasteiger partial charge is 0.265 e. The van der Waals surface area contributed by atoms with Crippen molar-refractivity contribution in [3.05, 3.63) is 60.0 Å². The molecule has 0 saturated heterocycles. The summed E-state index contributed by atoms with van der Waals surface area (Å²) in [6.45, 7) is 5.19. The summed E-state index contributed by atoms with van der Waals surface area (Å²) < 4.78 is 66.6. The fraction of sp³-hybridized carbons (Fsp3) is 0.391. The molecule has 0 atom stereocenters. The molecule has 2 N–H and O–H groups in total. The fourth-order valence-electron chi connectivity index (χ4n) is 4.71. The van der Waals surface area contributed by atoms with Crippen molar-refractivity contribution >= 4 is 31.1 Å². The quantitative estimate of drug-likeness (QED) is 0.368. The largest absolute Gasteiger partial charge is 0.286 e. The van der Waals surface area contributed by atoms with Crippen molar-refractivity contribution in [1.82, 2.24) is 0 Å². The molecule has 0 amide bonds. The van der Waals surface area contributed by atoms with Crippen LogP contribution in [0.1, 0.15) is 37.8 Å². The Morgan fingerprint density at radius 2 is 1.48 bits per heavy atom. The van der Waals surface area contributed by atoms with E-state index in [1.807, 2.05) is 45.8 Å². The van der Waals surface area contributed by atoms with E-state index >= 15 is 0 Å². The molecule has 10 heteroatoms. The zero-order chi connectivity index (χ0) is 24.0. The molecule has 0 bridgehead atoms. The number of aromatic nitrogens is 2. The minimum absolute atomic E-state index is 0.283. The Morgan fingerprint density at radius 1 is 0.848 bits per heavy atom. The molecule has 1 aromatic carbocycles. The molecule has 0 fully saturated rings. The number of aryl methyl sites for hydroxylation is 2. The maximum absolute atomic E-state index is 11.2.